The molecule has 3 aliphatic carbocycles. The second-order valence-corrected chi connectivity index (χ2v) is 7.42. The lowest BCUT2D eigenvalue weighted by Gasteiger charge is -2.34. The molecule has 0 radical (unpaired) electrons. The minimum atomic E-state index is 0.445. The number of ether oxygens (including phenoxy) is 1. The van der Waals surface area contributed by atoms with Gasteiger partial charge in [0.15, 0.2) is 0 Å². The van der Waals surface area contributed by atoms with E-state index in [0.29, 0.717) is 6.04 Å². The fraction of sp³-hybridized carbons (Fsp3) is 0.684. The maximum Gasteiger partial charge on any atom is 0.118 e. The fourth-order valence-electron chi connectivity index (χ4n) is 5.57. The Morgan fingerprint density at radius 1 is 1.05 bits per heavy atom. The maximum absolute atomic E-state index is 5.25. The van der Waals surface area contributed by atoms with Crippen molar-refractivity contribution in [3.63, 3.8) is 0 Å². The molecule has 4 rings (SSSR count). The van der Waals surface area contributed by atoms with Crippen LogP contribution in [-0.2, 0) is 0 Å². The molecule has 2 heteroatoms. The Morgan fingerprint density at radius 3 is 2.57 bits per heavy atom. The van der Waals surface area contributed by atoms with Crippen molar-refractivity contribution in [2.45, 2.75) is 51.1 Å². The minimum absolute atomic E-state index is 0.445. The molecular formula is C19H27NO. The van der Waals surface area contributed by atoms with Crippen LogP contribution in [0.5, 0.6) is 5.75 Å². The van der Waals surface area contributed by atoms with Gasteiger partial charge < -0.3 is 10.1 Å². The summed E-state index contributed by atoms with van der Waals surface area (Å²) in [5.41, 5.74) is 1.38. The van der Waals surface area contributed by atoms with Crippen molar-refractivity contribution in [3.05, 3.63) is 29.8 Å². The Kier molecular flexibility index (Phi) is 3.45. The first-order valence-electron chi connectivity index (χ1n) is 8.66. The van der Waals surface area contributed by atoms with E-state index < -0.39 is 0 Å². The first-order valence-corrected chi connectivity index (χ1v) is 8.66. The monoisotopic (exact) mass is 285 g/mol. The highest BCUT2D eigenvalue weighted by Gasteiger charge is 2.53. The number of rotatable bonds is 4. The Balaban J connectivity index is 1.42. The van der Waals surface area contributed by atoms with Gasteiger partial charge in [0.2, 0.25) is 0 Å². The predicted octanol–water partition coefficient (Wildman–Crippen LogP) is 4.17. The Bertz CT molecular complexity index is 497. The molecule has 1 N–H and O–H groups in total. The van der Waals surface area contributed by atoms with Gasteiger partial charge in [-0.3, -0.25) is 0 Å². The zero-order valence-corrected chi connectivity index (χ0v) is 13.2. The van der Waals surface area contributed by atoms with E-state index in [1.165, 1.54) is 37.7 Å². The standard InChI is InChI=1S/C19H27NO/c1-12(13-6-8-15(21-2)9-7-13)20-19-11-14-10-18(19)17-5-3-4-16(14)17/h6-9,12,14,16-20H,3-5,10-11H2,1-2H3. The van der Waals surface area contributed by atoms with Crippen molar-refractivity contribution in [3.8, 4) is 5.75 Å². The molecule has 21 heavy (non-hydrogen) atoms. The first kappa shape index (κ1) is 13.6. The number of nitrogens with one attached hydrogen (secondary N) is 1. The summed E-state index contributed by atoms with van der Waals surface area (Å²) in [5.74, 6) is 5.07. The van der Waals surface area contributed by atoms with Crippen molar-refractivity contribution in [1.29, 1.82) is 0 Å². The van der Waals surface area contributed by atoms with E-state index in [2.05, 4.69) is 36.5 Å². The summed E-state index contributed by atoms with van der Waals surface area (Å²) in [6, 6.07) is 9.74. The molecule has 114 valence electrons. The van der Waals surface area contributed by atoms with Crippen LogP contribution in [0, 0.1) is 23.7 Å². The third kappa shape index (κ3) is 2.28. The average molecular weight is 285 g/mol. The van der Waals surface area contributed by atoms with Crippen molar-refractivity contribution >= 4 is 0 Å². The smallest absolute Gasteiger partial charge is 0.118 e. The van der Waals surface area contributed by atoms with Gasteiger partial charge in [-0.1, -0.05) is 18.6 Å². The van der Waals surface area contributed by atoms with Crippen LogP contribution in [0.3, 0.4) is 0 Å². The average Bonchev–Trinajstić information content (AvgIpc) is 3.19. The summed E-state index contributed by atoms with van der Waals surface area (Å²) in [6.45, 7) is 2.31. The van der Waals surface area contributed by atoms with Gasteiger partial charge in [0.1, 0.15) is 5.75 Å². The molecule has 6 atom stereocenters. The van der Waals surface area contributed by atoms with E-state index in [1.807, 2.05) is 0 Å². The third-order valence-electron chi connectivity index (χ3n) is 6.51. The van der Waals surface area contributed by atoms with Gasteiger partial charge in [-0.15, -0.1) is 0 Å². The molecule has 3 fully saturated rings. The zero-order valence-electron chi connectivity index (χ0n) is 13.2. The van der Waals surface area contributed by atoms with Gasteiger partial charge in [0.25, 0.3) is 0 Å². The summed E-state index contributed by atoms with van der Waals surface area (Å²) in [4.78, 5) is 0. The third-order valence-corrected chi connectivity index (χ3v) is 6.51. The van der Waals surface area contributed by atoms with Crippen molar-refractivity contribution in [2.75, 3.05) is 7.11 Å². The van der Waals surface area contributed by atoms with E-state index in [9.17, 15) is 0 Å². The summed E-state index contributed by atoms with van der Waals surface area (Å²) < 4.78 is 5.25. The van der Waals surface area contributed by atoms with Crippen LogP contribution in [0.1, 0.15) is 50.6 Å². The highest BCUT2D eigenvalue weighted by molar-refractivity contribution is 5.29. The highest BCUT2D eigenvalue weighted by atomic mass is 16.5. The topological polar surface area (TPSA) is 21.3 Å². The lowest BCUT2D eigenvalue weighted by Crippen LogP contribution is -2.40. The molecule has 0 amide bonds. The van der Waals surface area contributed by atoms with Gasteiger partial charge in [-0.2, -0.15) is 0 Å². The lowest BCUT2D eigenvalue weighted by atomic mass is 9.79. The second-order valence-electron chi connectivity index (χ2n) is 7.42. The minimum Gasteiger partial charge on any atom is -0.497 e. The predicted molar refractivity (Wildman–Crippen MR) is 85.4 cm³/mol. The van der Waals surface area contributed by atoms with Crippen LogP contribution in [0.15, 0.2) is 24.3 Å². The lowest BCUT2D eigenvalue weighted by molar-refractivity contribution is 0.200. The number of fused-ring (bicyclic) bond motifs is 5. The Hall–Kier alpha value is -1.02. The van der Waals surface area contributed by atoms with E-state index in [0.717, 1.165) is 35.5 Å². The number of hydrogen-bond donors (Lipinski definition) is 1. The Labute approximate surface area is 128 Å². The summed E-state index contributed by atoms with van der Waals surface area (Å²) in [7, 11) is 1.73. The van der Waals surface area contributed by atoms with Crippen LogP contribution in [0.4, 0.5) is 0 Å². The SMILES string of the molecule is COc1ccc(C(C)NC2CC3CC2C2CCCC32)cc1. The number of benzene rings is 1. The number of hydrogen-bond acceptors (Lipinski definition) is 2. The van der Waals surface area contributed by atoms with Gasteiger partial charge in [0.05, 0.1) is 7.11 Å². The van der Waals surface area contributed by atoms with Gasteiger partial charge >= 0.3 is 0 Å². The maximum atomic E-state index is 5.25. The summed E-state index contributed by atoms with van der Waals surface area (Å²) in [6.07, 6.45) is 7.44. The molecule has 0 aromatic heterocycles. The van der Waals surface area contributed by atoms with E-state index in [4.69, 9.17) is 4.74 Å². The molecule has 0 aliphatic heterocycles. The van der Waals surface area contributed by atoms with Gasteiger partial charge in [-0.05, 0) is 74.0 Å². The van der Waals surface area contributed by atoms with Crippen LogP contribution in [0.2, 0.25) is 0 Å². The van der Waals surface area contributed by atoms with Crippen LogP contribution >= 0.6 is 0 Å². The molecule has 0 saturated heterocycles. The molecule has 0 heterocycles. The quantitative estimate of drug-likeness (QED) is 0.896. The molecule has 6 unspecified atom stereocenters. The Morgan fingerprint density at radius 2 is 1.81 bits per heavy atom. The molecule has 0 spiro atoms. The van der Waals surface area contributed by atoms with Crippen LogP contribution < -0.4 is 10.1 Å². The highest BCUT2D eigenvalue weighted by Crippen LogP contribution is 2.58. The first-order chi connectivity index (χ1) is 10.3. The van der Waals surface area contributed by atoms with E-state index >= 15 is 0 Å². The van der Waals surface area contributed by atoms with E-state index in [1.54, 1.807) is 7.11 Å². The normalized spacial score (nSPS) is 38.5. The molecule has 2 bridgehead atoms. The molecule has 1 aromatic carbocycles. The summed E-state index contributed by atoms with van der Waals surface area (Å²) in [5, 5.41) is 3.94. The molecular weight excluding hydrogens is 258 g/mol. The summed E-state index contributed by atoms with van der Waals surface area (Å²) >= 11 is 0. The van der Waals surface area contributed by atoms with Crippen molar-refractivity contribution < 1.29 is 4.74 Å². The van der Waals surface area contributed by atoms with E-state index in [-0.39, 0.29) is 0 Å². The van der Waals surface area contributed by atoms with Crippen molar-refractivity contribution in [1.82, 2.24) is 5.32 Å². The molecule has 3 saturated carbocycles. The van der Waals surface area contributed by atoms with Gasteiger partial charge in [-0.25, -0.2) is 0 Å². The fourth-order valence-corrected chi connectivity index (χ4v) is 5.57. The number of methoxy groups -OCH3 is 1. The molecule has 2 nitrogen and oxygen atoms in total. The zero-order chi connectivity index (χ0) is 14.4. The molecule has 1 aromatic rings. The largest absolute Gasteiger partial charge is 0.497 e. The second kappa shape index (κ2) is 5.31. The van der Waals surface area contributed by atoms with Crippen LogP contribution in [0.25, 0.3) is 0 Å². The van der Waals surface area contributed by atoms with Crippen LogP contribution in [-0.4, -0.2) is 13.2 Å². The molecule has 3 aliphatic rings. The van der Waals surface area contributed by atoms with Crippen molar-refractivity contribution in [2.24, 2.45) is 23.7 Å². The van der Waals surface area contributed by atoms with Gasteiger partial charge in [0, 0.05) is 12.1 Å².